The van der Waals surface area contributed by atoms with Crippen molar-refractivity contribution in [3.63, 3.8) is 0 Å². The largest absolute Gasteiger partial charge is 0.294 e. The molecule has 0 N–H and O–H groups in total. The van der Waals surface area contributed by atoms with Gasteiger partial charge in [0.1, 0.15) is 0 Å². The van der Waals surface area contributed by atoms with Crippen LogP contribution in [0.5, 0.6) is 0 Å². The third kappa shape index (κ3) is 3.27. The molecule has 1 aromatic carbocycles. The summed E-state index contributed by atoms with van der Waals surface area (Å²) in [4.78, 5) is 24.7. The average Bonchev–Trinajstić information content (AvgIpc) is 2.82. The van der Waals surface area contributed by atoms with Crippen LogP contribution in [0.25, 0.3) is 0 Å². The summed E-state index contributed by atoms with van der Waals surface area (Å²) in [7, 11) is 1.78. The molecule has 0 aliphatic heterocycles. The zero-order chi connectivity index (χ0) is 15.6. The number of hydrogen-bond acceptors (Lipinski definition) is 3. The molecule has 0 fully saturated rings. The molecule has 1 heterocycles. The number of aryl methyl sites for hydroxylation is 4. The van der Waals surface area contributed by atoms with Gasteiger partial charge in [0, 0.05) is 18.8 Å². The number of aromatic nitrogens is 2. The first-order chi connectivity index (χ1) is 9.92. The molecule has 4 nitrogen and oxygen atoms in total. The minimum atomic E-state index is -0.161. The molecule has 2 rings (SSSR count). The first-order valence-corrected chi connectivity index (χ1v) is 7.08. The van der Waals surface area contributed by atoms with Crippen molar-refractivity contribution < 1.29 is 9.59 Å². The van der Waals surface area contributed by atoms with Crippen LogP contribution in [0.2, 0.25) is 0 Å². The molecule has 1 aromatic heterocycles. The predicted octanol–water partition coefficient (Wildman–Crippen LogP) is 3.06. The molecule has 0 saturated carbocycles. The molecule has 21 heavy (non-hydrogen) atoms. The topological polar surface area (TPSA) is 52.0 Å². The van der Waals surface area contributed by atoms with Crippen LogP contribution >= 0.6 is 0 Å². The Balaban J connectivity index is 2.23. The fourth-order valence-electron chi connectivity index (χ4n) is 2.40. The molecule has 0 atom stereocenters. The molecular weight excluding hydrogens is 264 g/mol. The van der Waals surface area contributed by atoms with Crippen molar-refractivity contribution in [3.05, 3.63) is 52.3 Å². The van der Waals surface area contributed by atoms with Gasteiger partial charge in [-0.15, -0.1) is 0 Å². The van der Waals surface area contributed by atoms with Crippen molar-refractivity contribution in [2.75, 3.05) is 0 Å². The van der Waals surface area contributed by atoms with Gasteiger partial charge in [-0.1, -0.05) is 24.6 Å². The number of nitrogens with zero attached hydrogens (tertiary/aromatic N) is 2. The number of benzene rings is 1. The van der Waals surface area contributed by atoms with Crippen LogP contribution < -0.4 is 0 Å². The van der Waals surface area contributed by atoms with Crippen LogP contribution in [0.1, 0.15) is 50.9 Å². The highest BCUT2D eigenvalue weighted by Gasteiger charge is 2.19. The summed E-state index contributed by atoms with van der Waals surface area (Å²) in [5, 5.41) is 4.25. The summed E-state index contributed by atoms with van der Waals surface area (Å²) in [6, 6.07) is 5.72. The lowest BCUT2D eigenvalue weighted by molar-refractivity contribution is 0.0893. The Morgan fingerprint density at radius 2 is 1.81 bits per heavy atom. The van der Waals surface area contributed by atoms with Gasteiger partial charge in [-0.2, -0.15) is 5.10 Å². The number of Topliss-reactive ketones (excluding diaryl/α,β-unsaturated/α-hetero) is 2. The molecule has 110 valence electrons. The van der Waals surface area contributed by atoms with Gasteiger partial charge in [0.15, 0.2) is 11.6 Å². The summed E-state index contributed by atoms with van der Waals surface area (Å²) < 4.78 is 1.62. The van der Waals surface area contributed by atoms with Crippen LogP contribution in [-0.2, 0) is 13.5 Å². The Kier molecular flexibility index (Phi) is 4.36. The molecular formula is C17H20N2O2. The van der Waals surface area contributed by atoms with E-state index in [1.807, 2.05) is 39.0 Å². The van der Waals surface area contributed by atoms with Crippen molar-refractivity contribution in [1.82, 2.24) is 9.78 Å². The lowest BCUT2D eigenvalue weighted by Gasteiger charge is -2.06. The zero-order valence-electron chi connectivity index (χ0n) is 12.9. The number of ketones is 2. The SMILES string of the molecule is CCc1nn(C)cc1C(=O)CC(=O)c1cc(C)ccc1C. The van der Waals surface area contributed by atoms with E-state index < -0.39 is 0 Å². The van der Waals surface area contributed by atoms with E-state index in [1.165, 1.54) is 0 Å². The summed E-state index contributed by atoms with van der Waals surface area (Å²) >= 11 is 0. The first-order valence-electron chi connectivity index (χ1n) is 7.08. The molecule has 0 radical (unpaired) electrons. The van der Waals surface area contributed by atoms with E-state index in [9.17, 15) is 9.59 Å². The van der Waals surface area contributed by atoms with Gasteiger partial charge >= 0.3 is 0 Å². The molecule has 0 unspecified atom stereocenters. The molecule has 0 amide bonds. The Bertz CT molecular complexity index is 699. The second-order valence-corrected chi connectivity index (χ2v) is 5.36. The molecule has 0 aliphatic rings. The van der Waals surface area contributed by atoms with Crippen molar-refractivity contribution in [2.45, 2.75) is 33.6 Å². The van der Waals surface area contributed by atoms with Crippen molar-refractivity contribution >= 4 is 11.6 Å². The summed E-state index contributed by atoms with van der Waals surface area (Å²) in [5.41, 5.74) is 3.85. The molecule has 0 saturated heterocycles. The second kappa shape index (κ2) is 6.04. The van der Waals surface area contributed by atoms with E-state index in [1.54, 1.807) is 17.9 Å². The highest BCUT2D eigenvalue weighted by atomic mass is 16.1. The number of rotatable bonds is 5. The third-order valence-corrected chi connectivity index (χ3v) is 3.56. The Morgan fingerprint density at radius 3 is 2.48 bits per heavy atom. The Morgan fingerprint density at radius 1 is 1.14 bits per heavy atom. The molecule has 4 heteroatoms. The monoisotopic (exact) mass is 284 g/mol. The highest BCUT2D eigenvalue weighted by Crippen LogP contribution is 2.16. The van der Waals surface area contributed by atoms with E-state index in [-0.39, 0.29) is 18.0 Å². The first kappa shape index (κ1) is 15.2. The van der Waals surface area contributed by atoms with Gasteiger partial charge in [0.25, 0.3) is 0 Å². The van der Waals surface area contributed by atoms with Crippen molar-refractivity contribution in [1.29, 1.82) is 0 Å². The van der Waals surface area contributed by atoms with E-state index in [4.69, 9.17) is 0 Å². The second-order valence-electron chi connectivity index (χ2n) is 5.36. The van der Waals surface area contributed by atoms with E-state index >= 15 is 0 Å². The zero-order valence-corrected chi connectivity index (χ0v) is 12.9. The predicted molar refractivity (Wildman–Crippen MR) is 81.8 cm³/mol. The maximum absolute atomic E-state index is 12.4. The maximum Gasteiger partial charge on any atom is 0.174 e. The van der Waals surface area contributed by atoms with Crippen LogP contribution in [0, 0.1) is 13.8 Å². The van der Waals surface area contributed by atoms with Gasteiger partial charge < -0.3 is 0 Å². The summed E-state index contributed by atoms with van der Waals surface area (Å²) in [6.07, 6.45) is 2.26. The smallest absolute Gasteiger partial charge is 0.174 e. The number of carbonyl (C=O) groups is 2. The van der Waals surface area contributed by atoms with Crippen LogP contribution in [-0.4, -0.2) is 21.3 Å². The number of carbonyl (C=O) groups excluding carboxylic acids is 2. The summed E-state index contributed by atoms with van der Waals surface area (Å²) in [6.45, 7) is 5.78. The molecule has 0 aliphatic carbocycles. The molecule has 2 aromatic rings. The van der Waals surface area contributed by atoms with Crippen molar-refractivity contribution in [3.8, 4) is 0 Å². The van der Waals surface area contributed by atoms with Gasteiger partial charge in [-0.3, -0.25) is 14.3 Å². The fraction of sp³-hybridized carbons (Fsp3) is 0.353. The van der Waals surface area contributed by atoms with Gasteiger partial charge in [-0.25, -0.2) is 0 Å². The van der Waals surface area contributed by atoms with E-state index in [0.717, 1.165) is 16.8 Å². The van der Waals surface area contributed by atoms with E-state index in [0.29, 0.717) is 17.5 Å². The molecule has 0 bridgehead atoms. The number of hydrogen-bond donors (Lipinski definition) is 0. The standard InChI is InChI=1S/C17H20N2O2/c1-5-15-14(10-19(4)18-15)17(21)9-16(20)13-8-11(2)6-7-12(13)3/h6-8,10H,5,9H2,1-4H3. The lowest BCUT2D eigenvalue weighted by Crippen LogP contribution is -2.11. The fourth-order valence-corrected chi connectivity index (χ4v) is 2.40. The highest BCUT2D eigenvalue weighted by molar-refractivity contribution is 6.14. The van der Waals surface area contributed by atoms with Crippen LogP contribution in [0.15, 0.2) is 24.4 Å². The van der Waals surface area contributed by atoms with Gasteiger partial charge in [-0.05, 0) is 31.9 Å². The maximum atomic E-state index is 12.4. The lowest BCUT2D eigenvalue weighted by atomic mass is 9.97. The third-order valence-electron chi connectivity index (χ3n) is 3.56. The minimum Gasteiger partial charge on any atom is -0.294 e. The summed E-state index contributed by atoms with van der Waals surface area (Å²) in [5.74, 6) is -0.294. The normalized spacial score (nSPS) is 10.7. The Labute approximate surface area is 124 Å². The van der Waals surface area contributed by atoms with Crippen molar-refractivity contribution in [2.24, 2.45) is 7.05 Å². The van der Waals surface area contributed by atoms with Gasteiger partial charge in [0.2, 0.25) is 0 Å². The van der Waals surface area contributed by atoms with Crippen LogP contribution in [0.3, 0.4) is 0 Å². The Hall–Kier alpha value is -2.23. The van der Waals surface area contributed by atoms with Crippen LogP contribution in [0.4, 0.5) is 0 Å². The molecule has 0 spiro atoms. The van der Waals surface area contributed by atoms with E-state index in [2.05, 4.69) is 5.10 Å². The quantitative estimate of drug-likeness (QED) is 0.626. The average molecular weight is 284 g/mol. The van der Waals surface area contributed by atoms with Gasteiger partial charge in [0.05, 0.1) is 17.7 Å². The minimum absolute atomic E-state index is 0.108.